The number of primary sulfonamides is 1. The number of carbonyl (C=O) groups is 2. The molecule has 0 aromatic carbocycles. The minimum absolute atomic E-state index is 0.0966. The number of carboxylic acid groups (broad SMARTS) is 1. The molecule has 1 aromatic heterocycles. The maximum Gasteiger partial charge on any atom is 0.326 e. The summed E-state index contributed by atoms with van der Waals surface area (Å²) >= 11 is 0. The molecule has 2 atom stereocenters. The molecular formula is C12H17N3O5S. The molecule has 0 saturated carbocycles. The van der Waals surface area contributed by atoms with Gasteiger partial charge in [0.1, 0.15) is 16.6 Å². The highest BCUT2D eigenvalue weighted by Crippen LogP contribution is 2.26. The number of aromatic nitrogens is 1. The third kappa shape index (κ3) is 2.79. The molecule has 0 spiro atoms. The number of aliphatic carboxylic acids is 1. The molecule has 3 N–H and O–H groups in total. The molecular weight excluding hydrogens is 298 g/mol. The zero-order valence-electron chi connectivity index (χ0n) is 11.7. The fraction of sp³-hybridized carbons (Fsp3) is 0.500. The molecule has 2 rings (SSSR count). The third-order valence-corrected chi connectivity index (χ3v) is 4.62. The van der Waals surface area contributed by atoms with Gasteiger partial charge in [-0.15, -0.1) is 0 Å². The van der Waals surface area contributed by atoms with Gasteiger partial charge in [-0.05, 0) is 18.4 Å². The van der Waals surface area contributed by atoms with Crippen molar-refractivity contribution in [1.82, 2.24) is 9.47 Å². The molecule has 1 fully saturated rings. The lowest BCUT2D eigenvalue weighted by molar-refractivity contribution is -0.142. The van der Waals surface area contributed by atoms with E-state index in [1.54, 1.807) is 6.92 Å². The van der Waals surface area contributed by atoms with Gasteiger partial charge < -0.3 is 14.6 Å². The van der Waals surface area contributed by atoms with E-state index in [2.05, 4.69) is 0 Å². The molecule has 0 radical (unpaired) electrons. The third-order valence-electron chi connectivity index (χ3n) is 3.74. The molecule has 2 heterocycles. The smallest absolute Gasteiger partial charge is 0.326 e. The lowest BCUT2D eigenvalue weighted by Crippen LogP contribution is -2.43. The van der Waals surface area contributed by atoms with E-state index in [0.717, 1.165) is 0 Å². The van der Waals surface area contributed by atoms with Crippen LogP contribution in [-0.2, 0) is 21.9 Å². The highest BCUT2D eigenvalue weighted by molar-refractivity contribution is 7.89. The summed E-state index contributed by atoms with van der Waals surface area (Å²) in [7, 11) is -2.40. The van der Waals surface area contributed by atoms with E-state index in [-0.39, 0.29) is 16.5 Å². The molecule has 21 heavy (non-hydrogen) atoms. The zero-order valence-corrected chi connectivity index (χ0v) is 12.5. The predicted octanol–water partition coefficient (Wildman–Crippen LogP) is -0.392. The predicted molar refractivity (Wildman–Crippen MR) is 73.0 cm³/mol. The van der Waals surface area contributed by atoms with Gasteiger partial charge in [0.05, 0.1) is 0 Å². The molecule has 1 aliphatic heterocycles. The minimum Gasteiger partial charge on any atom is -0.480 e. The number of nitrogens with two attached hydrogens (primary N) is 1. The number of hydrogen-bond acceptors (Lipinski definition) is 4. The van der Waals surface area contributed by atoms with E-state index >= 15 is 0 Å². The number of likely N-dealkylation sites (tertiary alicyclic amines) is 1. The molecule has 9 heteroatoms. The molecule has 0 bridgehead atoms. The van der Waals surface area contributed by atoms with E-state index in [1.165, 1.54) is 28.8 Å². The van der Waals surface area contributed by atoms with Crippen molar-refractivity contribution >= 4 is 21.9 Å². The highest BCUT2D eigenvalue weighted by Gasteiger charge is 2.40. The molecule has 0 aliphatic carbocycles. The summed E-state index contributed by atoms with van der Waals surface area (Å²) in [5.74, 6) is -1.72. The van der Waals surface area contributed by atoms with Gasteiger partial charge in [-0.2, -0.15) is 0 Å². The normalized spacial score (nSPS) is 22.5. The van der Waals surface area contributed by atoms with Crippen molar-refractivity contribution in [2.75, 3.05) is 6.54 Å². The Morgan fingerprint density at radius 2 is 2.05 bits per heavy atom. The lowest BCUT2D eigenvalue weighted by atomic mass is 10.0. The maximum absolute atomic E-state index is 12.5. The van der Waals surface area contributed by atoms with Crippen LogP contribution in [0.5, 0.6) is 0 Å². The van der Waals surface area contributed by atoms with E-state index in [9.17, 15) is 23.1 Å². The van der Waals surface area contributed by atoms with Crippen LogP contribution in [0.1, 0.15) is 23.8 Å². The van der Waals surface area contributed by atoms with Crippen molar-refractivity contribution < 1.29 is 23.1 Å². The number of carbonyl (C=O) groups excluding carboxylic acids is 1. The lowest BCUT2D eigenvalue weighted by Gasteiger charge is -2.23. The molecule has 1 aromatic rings. The van der Waals surface area contributed by atoms with Gasteiger partial charge in [0.15, 0.2) is 0 Å². The SMILES string of the molecule is CC1CCN(C(=O)c2cc(S(N)(=O)=O)cn2C)C1C(=O)O. The van der Waals surface area contributed by atoms with E-state index < -0.39 is 27.9 Å². The first-order chi connectivity index (χ1) is 9.62. The number of sulfonamides is 1. The van der Waals surface area contributed by atoms with Gasteiger partial charge in [-0.3, -0.25) is 4.79 Å². The summed E-state index contributed by atoms with van der Waals surface area (Å²) in [6.45, 7) is 2.10. The molecule has 2 unspecified atom stereocenters. The molecule has 8 nitrogen and oxygen atoms in total. The number of aryl methyl sites for hydroxylation is 1. The standard InChI is InChI=1S/C12H17N3O5S/c1-7-3-4-15(10(7)12(17)18)11(16)9-5-8(6-14(9)2)21(13,19)20/h5-7,10H,3-4H2,1-2H3,(H,17,18)(H2,13,19,20). The van der Waals surface area contributed by atoms with Gasteiger partial charge in [0, 0.05) is 19.8 Å². The van der Waals surface area contributed by atoms with Gasteiger partial charge in [-0.25, -0.2) is 18.4 Å². The minimum atomic E-state index is -3.91. The fourth-order valence-corrected chi connectivity index (χ4v) is 3.18. The molecule has 116 valence electrons. The zero-order chi connectivity index (χ0) is 15.9. The van der Waals surface area contributed by atoms with Crippen LogP contribution in [0.2, 0.25) is 0 Å². The van der Waals surface area contributed by atoms with Crippen LogP contribution >= 0.6 is 0 Å². The molecule has 1 amide bonds. The monoisotopic (exact) mass is 315 g/mol. The number of hydrogen-bond donors (Lipinski definition) is 2. The van der Waals surface area contributed by atoms with Gasteiger partial charge in [0.25, 0.3) is 5.91 Å². The first-order valence-electron chi connectivity index (χ1n) is 6.36. The Kier molecular flexibility index (Phi) is 3.81. The Hall–Kier alpha value is -1.87. The number of amides is 1. The van der Waals surface area contributed by atoms with Crippen LogP contribution in [0.3, 0.4) is 0 Å². The summed E-state index contributed by atoms with van der Waals surface area (Å²) in [6.07, 6.45) is 1.83. The fourth-order valence-electron chi connectivity index (χ4n) is 2.60. The second kappa shape index (κ2) is 5.15. The topological polar surface area (TPSA) is 123 Å². The number of nitrogens with zero attached hydrogens (tertiary/aromatic N) is 2. The van der Waals surface area contributed by atoms with Crippen LogP contribution in [-0.4, -0.2) is 47.5 Å². The van der Waals surface area contributed by atoms with E-state index in [1.807, 2.05) is 0 Å². The Labute approximate surface area is 122 Å². The Morgan fingerprint density at radius 1 is 1.43 bits per heavy atom. The first-order valence-corrected chi connectivity index (χ1v) is 7.90. The average Bonchev–Trinajstić information content (AvgIpc) is 2.91. The van der Waals surface area contributed by atoms with Crippen molar-refractivity contribution in [3.8, 4) is 0 Å². The Bertz CT molecular complexity index is 694. The van der Waals surface area contributed by atoms with E-state index in [4.69, 9.17) is 5.14 Å². The Morgan fingerprint density at radius 3 is 2.52 bits per heavy atom. The largest absolute Gasteiger partial charge is 0.480 e. The van der Waals surface area contributed by atoms with E-state index in [0.29, 0.717) is 13.0 Å². The van der Waals surface area contributed by atoms with Crippen molar-refractivity contribution in [2.45, 2.75) is 24.3 Å². The van der Waals surface area contributed by atoms with Crippen LogP contribution in [0.4, 0.5) is 0 Å². The summed E-state index contributed by atoms with van der Waals surface area (Å²) in [5, 5.41) is 14.3. The summed E-state index contributed by atoms with van der Waals surface area (Å²) < 4.78 is 24.0. The van der Waals surface area contributed by atoms with Crippen LogP contribution in [0.25, 0.3) is 0 Å². The van der Waals surface area contributed by atoms with Gasteiger partial charge >= 0.3 is 5.97 Å². The second-order valence-corrected chi connectivity index (χ2v) is 6.83. The van der Waals surface area contributed by atoms with Crippen LogP contribution in [0.15, 0.2) is 17.2 Å². The van der Waals surface area contributed by atoms with Crippen molar-refractivity contribution in [1.29, 1.82) is 0 Å². The first kappa shape index (κ1) is 15.5. The van der Waals surface area contributed by atoms with Crippen molar-refractivity contribution in [3.05, 3.63) is 18.0 Å². The summed E-state index contributed by atoms with van der Waals surface area (Å²) in [4.78, 5) is 24.9. The average molecular weight is 315 g/mol. The van der Waals surface area contributed by atoms with Crippen LogP contribution < -0.4 is 5.14 Å². The van der Waals surface area contributed by atoms with Crippen LogP contribution in [0, 0.1) is 5.92 Å². The maximum atomic E-state index is 12.5. The second-order valence-electron chi connectivity index (χ2n) is 5.26. The van der Waals surface area contributed by atoms with Gasteiger partial charge in [0.2, 0.25) is 10.0 Å². The molecule has 1 aliphatic rings. The number of carboxylic acids is 1. The Balaban J connectivity index is 2.37. The summed E-state index contributed by atoms with van der Waals surface area (Å²) in [6, 6.07) is 0.268. The quantitative estimate of drug-likeness (QED) is 0.786. The van der Waals surface area contributed by atoms with Crippen molar-refractivity contribution in [2.24, 2.45) is 18.1 Å². The number of rotatable bonds is 3. The van der Waals surface area contributed by atoms with Crippen molar-refractivity contribution in [3.63, 3.8) is 0 Å². The highest BCUT2D eigenvalue weighted by atomic mass is 32.2. The summed E-state index contributed by atoms with van der Waals surface area (Å²) in [5.41, 5.74) is 0.0966. The molecule has 1 saturated heterocycles. The van der Waals surface area contributed by atoms with Gasteiger partial charge in [-0.1, -0.05) is 6.92 Å².